The highest BCUT2D eigenvalue weighted by Crippen LogP contribution is 2.27. The number of nitrogens with one attached hydrogen (secondary N) is 1. The van der Waals surface area contributed by atoms with Gasteiger partial charge in [-0.05, 0) is 31.1 Å². The van der Waals surface area contributed by atoms with Crippen molar-refractivity contribution in [2.75, 3.05) is 24.7 Å². The monoisotopic (exact) mass is 331 g/mol. The lowest BCUT2D eigenvalue weighted by atomic mass is 10.1. The zero-order valence-electron chi connectivity index (χ0n) is 13.0. The number of carbonyl (C=O) groups excluding carboxylic acids is 1. The van der Waals surface area contributed by atoms with E-state index in [0.717, 1.165) is 48.3 Å². The molecule has 0 unspecified atom stereocenters. The molecule has 1 aromatic heterocycles. The molecular formula is C17H21N3O2S. The molecule has 0 bridgehead atoms. The van der Waals surface area contributed by atoms with Gasteiger partial charge < -0.3 is 9.64 Å². The molecule has 2 saturated heterocycles. The minimum Gasteiger partial charge on any atom is -0.376 e. The van der Waals surface area contributed by atoms with Gasteiger partial charge in [0.1, 0.15) is 0 Å². The maximum atomic E-state index is 13.2. The summed E-state index contributed by atoms with van der Waals surface area (Å²) in [5, 5.41) is 8.18. The molecule has 1 N–H and O–H groups in total. The number of hydrogen-bond donors (Lipinski definition) is 1. The number of aromatic amines is 1. The molecule has 1 aromatic carbocycles. The highest BCUT2D eigenvalue weighted by Gasteiger charge is 2.32. The number of amides is 1. The Morgan fingerprint density at radius 3 is 3.09 bits per heavy atom. The Kier molecular flexibility index (Phi) is 4.27. The Labute approximate surface area is 139 Å². The summed E-state index contributed by atoms with van der Waals surface area (Å²) in [6.07, 6.45) is 3.38. The smallest absolute Gasteiger partial charge is 0.275 e. The molecule has 1 amide bonds. The second-order valence-corrected chi connectivity index (χ2v) is 7.38. The summed E-state index contributed by atoms with van der Waals surface area (Å²) in [5.74, 6) is 2.17. The van der Waals surface area contributed by atoms with Crippen molar-refractivity contribution in [2.45, 2.75) is 31.4 Å². The normalized spacial score (nSPS) is 24.3. The number of benzene rings is 1. The van der Waals surface area contributed by atoms with Gasteiger partial charge in [0.05, 0.1) is 11.6 Å². The number of ether oxygens (including phenoxy) is 1. The van der Waals surface area contributed by atoms with E-state index >= 15 is 0 Å². The van der Waals surface area contributed by atoms with Gasteiger partial charge in [0, 0.05) is 30.3 Å². The topological polar surface area (TPSA) is 58.2 Å². The number of para-hydroxylation sites is 1. The molecule has 2 aliphatic rings. The first-order chi connectivity index (χ1) is 11.3. The van der Waals surface area contributed by atoms with E-state index in [1.807, 2.05) is 40.9 Å². The van der Waals surface area contributed by atoms with Crippen molar-refractivity contribution in [3.8, 4) is 0 Å². The van der Waals surface area contributed by atoms with Crippen LogP contribution >= 0.6 is 11.8 Å². The third-order valence-electron chi connectivity index (χ3n) is 4.70. The summed E-state index contributed by atoms with van der Waals surface area (Å²) in [5.41, 5.74) is 1.45. The number of aromatic nitrogens is 2. The van der Waals surface area contributed by atoms with E-state index in [-0.39, 0.29) is 12.0 Å². The van der Waals surface area contributed by atoms with Crippen LogP contribution in [0.2, 0.25) is 0 Å². The van der Waals surface area contributed by atoms with Gasteiger partial charge in [0.25, 0.3) is 5.91 Å². The van der Waals surface area contributed by atoms with Crippen LogP contribution in [-0.4, -0.2) is 57.8 Å². The van der Waals surface area contributed by atoms with Gasteiger partial charge in [-0.25, -0.2) is 0 Å². The number of rotatable bonds is 4. The maximum Gasteiger partial charge on any atom is 0.275 e. The Balaban J connectivity index is 1.62. The van der Waals surface area contributed by atoms with Crippen LogP contribution in [0.1, 0.15) is 29.8 Å². The molecule has 4 rings (SSSR count). The summed E-state index contributed by atoms with van der Waals surface area (Å²) in [6, 6.07) is 8.11. The lowest BCUT2D eigenvalue weighted by molar-refractivity contribution is 0.0439. The summed E-state index contributed by atoms with van der Waals surface area (Å²) in [6.45, 7) is 1.50. The van der Waals surface area contributed by atoms with Gasteiger partial charge >= 0.3 is 0 Å². The highest BCUT2D eigenvalue weighted by molar-refractivity contribution is 7.99. The predicted octanol–water partition coefficient (Wildman–Crippen LogP) is 2.69. The van der Waals surface area contributed by atoms with Crippen molar-refractivity contribution >= 4 is 28.6 Å². The molecule has 0 aliphatic carbocycles. The molecule has 122 valence electrons. The Morgan fingerprint density at radius 2 is 2.30 bits per heavy atom. The molecule has 3 heterocycles. The molecular weight excluding hydrogens is 310 g/mol. The number of nitrogens with zero attached hydrogens (tertiary/aromatic N) is 2. The Hall–Kier alpha value is -1.53. The molecule has 2 fully saturated rings. The van der Waals surface area contributed by atoms with Crippen molar-refractivity contribution < 1.29 is 9.53 Å². The van der Waals surface area contributed by atoms with Gasteiger partial charge in [-0.1, -0.05) is 18.2 Å². The van der Waals surface area contributed by atoms with Crippen LogP contribution in [0.15, 0.2) is 24.3 Å². The first kappa shape index (κ1) is 15.0. The summed E-state index contributed by atoms with van der Waals surface area (Å²) >= 11 is 1.92. The van der Waals surface area contributed by atoms with E-state index < -0.39 is 0 Å². The summed E-state index contributed by atoms with van der Waals surface area (Å²) < 4.78 is 5.77. The molecule has 2 aliphatic heterocycles. The number of fused-ring (bicyclic) bond motifs is 1. The second kappa shape index (κ2) is 6.53. The average molecular weight is 331 g/mol. The van der Waals surface area contributed by atoms with Crippen molar-refractivity contribution in [1.29, 1.82) is 0 Å². The third-order valence-corrected chi connectivity index (χ3v) is 5.85. The van der Waals surface area contributed by atoms with Crippen molar-refractivity contribution in [3.05, 3.63) is 30.0 Å². The fourth-order valence-corrected chi connectivity index (χ4v) is 4.66. The van der Waals surface area contributed by atoms with Gasteiger partial charge in [-0.15, -0.1) is 0 Å². The van der Waals surface area contributed by atoms with Crippen LogP contribution < -0.4 is 0 Å². The fourth-order valence-electron chi connectivity index (χ4n) is 3.44. The van der Waals surface area contributed by atoms with E-state index in [4.69, 9.17) is 4.74 Å². The Bertz CT molecular complexity index is 690. The van der Waals surface area contributed by atoms with Gasteiger partial charge in [0.2, 0.25) is 0 Å². The van der Waals surface area contributed by atoms with Crippen molar-refractivity contribution in [1.82, 2.24) is 15.1 Å². The van der Waals surface area contributed by atoms with Crippen LogP contribution in [0.3, 0.4) is 0 Å². The van der Waals surface area contributed by atoms with Crippen molar-refractivity contribution in [2.24, 2.45) is 0 Å². The van der Waals surface area contributed by atoms with Gasteiger partial charge in [-0.2, -0.15) is 16.9 Å². The highest BCUT2D eigenvalue weighted by atomic mass is 32.2. The average Bonchev–Trinajstić information content (AvgIpc) is 3.32. The molecule has 5 nitrogen and oxygen atoms in total. The molecule has 2 atom stereocenters. The predicted molar refractivity (Wildman–Crippen MR) is 91.8 cm³/mol. The van der Waals surface area contributed by atoms with E-state index in [1.54, 1.807) is 0 Å². The molecule has 23 heavy (non-hydrogen) atoms. The minimum absolute atomic E-state index is 0.0328. The zero-order chi connectivity index (χ0) is 15.6. The number of thioether (sulfide) groups is 1. The van der Waals surface area contributed by atoms with Gasteiger partial charge in [0.15, 0.2) is 5.69 Å². The van der Waals surface area contributed by atoms with E-state index in [2.05, 4.69) is 10.2 Å². The lowest BCUT2D eigenvalue weighted by Crippen LogP contribution is -2.45. The second-order valence-electron chi connectivity index (χ2n) is 6.23. The zero-order valence-corrected chi connectivity index (χ0v) is 13.8. The number of hydrogen-bond acceptors (Lipinski definition) is 4. The van der Waals surface area contributed by atoms with Crippen LogP contribution in [0.25, 0.3) is 10.9 Å². The van der Waals surface area contributed by atoms with Crippen LogP contribution in [0.4, 0.5) is 0 Å². The Morgan fingerprint density at radius 1 is 1.39 bits per heavy atom. The molecule has 6 heteroatoms. The first-order valence-corrected chi connectivity index (χ1v) is 9.42. The maximum absolute atomic E-state index is 13.2. The molecule has 0 spiro atoms. The fraction of sp³-hybridized carbons (Fsp3) is 0.529. The van der Waals surface area contributed by atoms with E-state index in [1.165, 1.54) is 0 Å². The van der Waals surface area contributed by atoms with Crippen LogP contribution in [0, 0.1) is 0 Å². The van der Waals surface area contributed by atoms with Crippen molar-refractivity contribution in [3.63, 3.8) is 0 Å². The van der Waals surface area contributed by atoms with Crippen LogP contribution in [0.5, 0.6) is 0 Å². The molecule has 0 saturated carbocycles. The summed E-state index contributed by atoms with van der Waals surface area (Å²) in [4.78, 5) is 15.2. The van der Waals surface area contributed by atoms with Crippen LogP contribution in [-0.2, 0) is 4.74 Å². The number of H-pyrrole nitrogens is 1. The minimum atomic E-state index is 0.0328. The summed E-state index contributed by atoms with van der Waals surface area (Å²) in [7, 11) is 0. The molecule has 2 aromatic rings. The third kappa shape index (κ3) is 2.97. The largest absolute Gasteiger partial charge is 0.376 e. The standard InChI is InChI=1S/C17H21N3O2S/c21-17(16-14-5-1-2-6-15(14)18-19-16)20(12-7-9-23-11-12)10-13-4-3-8-22-13/h1-2,5-6,12-13H,3-4,7-11H2,(H,18,19)/t12-,13-/m1/s1. The van der Waals surface area contributed by atoms with Gasteiger partial charge in [-0.3, -0.25) is 9.89 Å². The first-order valence-electron chi connectivity index (χ1n) is 8.26. The lowest BCUT2D eigenvalue weighted by Gasteiger charge is -2.30. The van der Waals surface area contributed by atoms with E-state index in [0.29, 0.717) is 18.3 Å². The number of carbonyl (C=O) groups is 1. The van der Waals surface area contributed by atoms with E-state index in [9.17, 15) is 4.79 Å². The SMILES string of the molecule is O=C(c1n[nH]c2ccccc12)N(C[C@H]1CCCO1)[C@@H]1CCSC1. The quantitative estimate of drug-likeness (QED) is 0.936. The molecule has 0 radical (unpaired) electrons.